The number of nitrogens with one attached hydrogen (secondary N) is 1. The van der Waals surface area contributed by atoms with Crippen LogP contribution < -0.4 is 5.32 Å². The Morgan fingerprint density at radius 2 is 1.79 bits per heavy atom. The lowest BCUT2D eigenvalue weighted by molar-refractivity contribution is -0.113. The van der Waals surface area contributed by atoms with Crippen LogP contribution >= 0.6 is 11.8 Å². The largest absolute Gasteiger partial charge is 0.459 e. The van der Waals surface area contributed by atoms with E-state index in [0.717, 1.165) is 5.56 Å². The van der Waals surface area contributed by atoms with E-state index < -0.39 is 5.97 Å². The number of esters is 1. The summed E-state index contributed by atoms with van der Waals surface area (Å²) >= 11 is 1.17. The van der Waals surface area contributed by atoms with Gasteiger partial charge in [-0.05, 0) is 43.7 Å². The van der Waals surface area contributed by atoms with Crippen molar-refractivity contribution in [1.82, 2.24) is 10.2 Å². The van der Waals surface area contributed by atoms with Crippen LogP contribution in [-0.2, 0) is 16.0 Å². The Labute approximate surface area is 172 Å². The number of benzene rings is 2. The topological polar surface area (TPSA) is 94.3 Å². The lowest BCUT2D eigenvalue weighted by Gasteiger charge is -2.08. The van der Waals surface area contributed by atoms with Crippen molar-refractivity contribution in [2.24, 2.45) is 0 Å². The van der Waals surface area contributed by atoms with Crippen molar-refractivity contribution < 1.29 is 18.7 Å². The van der Waals surface area contributed by atoms with Crippen molar-refractivity contribution >= 4 is 29.3 Å². The van der Waals surface area contributed by atoms with Gasteiger partial charge in [0, 0.05) is 5.69 Å². The van der Waals surface area contributed by atoms with Crippen molar-refractivity contribution in [2.75, 3.05) is 11.1 Å². The molecule has 8 heteroatoms. The molecule has 0 aliphatic heterocycles. The van der Waals surface area contributed by atoms with Gasteiger partial charge in [0.05, 0.1) is 23.8 Å². The number of carbonyl (C=O) groups is 2. The standard InChI is InChI=1S/C21H21N3O4S/c1-14(2)27-20(26)16-8-10-17(11-9-16)22-18(25)13-29-21-24-23-19(28-21)12-15-6-4-3-5-7-15/h3-11,14H,12-13H2,1-2H3,(H,22,25). The lowest BCUT2D eigenvalue weighted by atomic mass is 10.2. The average molecular weight is 411 g/mol. The zero-order chi connectivity index (χ0) is 20.6. The van der Waals surface area contributed by atoms with E-state index in [0.29, 0.717) is 28.8 Å². The molecule has 0 aliphatic rings. The molecular weight excluding hydrogens is 390 g/mol. The summed E-state index contributed by atoms with van der Waals surface area (Å²) in [7, 11) is 0. The van der Waals surface area contributed by atoms with Gasteiger partial charge in [-0.1, -0.05) is 42.1 Å². The predicted octanol–water partition coefficient (Wildman–Crippen LogP) is 3.96. The van der Waals surface area contributed by atoms with Crippen molar-refractivity contribution in [3.05, 3.63) is 71.6 Å². The van der Waals surface area contributed by atoms with E-state index in [1.165, 1.54) is 11.8 Å². The first-order valence-corrected chi connectivity index (χ1v) is 10.1. The first kappa shape index (κ1) is 20.6. The lowest BCUT2D eigenvalue weighted by Crippen LogP contribution is -2.14. The number of hydrogen-bond donors (Lipinski definition) is 1. The van der Waals surface area contributed by atoms with E-state index in [1.807, 2.05) is 30.3 Å². The summed E-state index contributed by atoms with van der Waals surface area (Å²) in [5.41, 5.74) is 2.10. The molecule has 0 saturated carbocycles. The van der Waals surface area contributed by atoms with E-state index >= 15 is 0 Å². The van der Waals surface area contributed by atoms with Gasteiger partial charge in [-0.3, -0.25) is 4.79 Å². The molecule has 3 aromatic rings. The third-order valence-corrected chi connectivity index (χ3v) is 4.54. The molecule has 3 rings (SSSR count). The third kappa shape index (κ3) is 6.46. The second-order valence-electron chi connectivity index (χ2n) is 6.49. The normalized spacial score (nSPS) is 10.7. The maximum atomic E-state index is 12.1. The summed E-state index contributed by atoms with van der Waals surface area (Å²) in [5.74, 6) is 0.0267. The monoisotopic (exact) mass is 411 g/mol. The summed E-state index contributed by atoms with van der Waals surface area (Å²) in [5, 5.41) is 11.1. The highest BCUT2D eigenvalue weighted by molar-refractivity contribution is 7.99. The zero-order valence-corrected chi connectivity index (χ0v) is 16.9. The number of amides is 1. The Balaban J connectivity index is 1.47. The second-order valence-corrected chi connectivity index (χ2v) is 7.42. The molecule has 2 aromatic carbocycles. The van der Waals surface area contributed by atoms with Gasteiger partial charge in [0.2, 0.25) is 11.8 Å². The highest BCUT2D eigenvalue weighted by atomic mass is 32.2. The molecule has 1 amide bonds. The quantitative estimate of drug-likeness (QED) is 0.443. The highest BCUT2D eigenvalue weighted by Gasteiger charge is 2.12. The van der Waals surface area contributed by atoms with Crippen LogP contribution in [0.1, 0.15) is 35.7 Å². The fraction of sp³-hybridized carbons (Fsp3) is 0.238. The summed E-state index contributed by atoms with van der Waals surface area (Å²) < 4.78 is 10.7. The SMILES string of the molecule is CC(C)OC(=O)c1ccc(NC(=O)CSc2nnc(Cc3ccccc3)o2)cc1. The third-order valence-electron chi connectivity index (χ3n) is 3.72. The summed E-state index contributed by atoms with van der Waals surface area (Å²) in [6, 6.07) is 16.4. The van der Waals surface area contributed by atoms with E-state index in [2.05, 4.69) is 15.5 Å². The van der Waals surface area contributed by atoms with E-state index in [-0.39, 0.29) is 17.8 Å². The van der Waals surface area contributed by atoms with Gasteiger partial charge in [-0.15, -0.1) is 10.2 Å². The van der Waals surface area contributed by atoms with Gasteiger partial charge in [0.25, 0.3) is 5.22 Å². The summed E-state index contributed by atoms with van der Waals surface area (Å²) in [6.45, 7) is 3.58. The average Bonchev–Trinajstić information content (AvgIpc) is 3.14. The van der Waals surface area contributed by atoms with Crippen molar-refractivity contribution in [2.45, 2.75) is 31.6 Å². The van der Waals surface area contributed by atoms with E-state index in [9.17, 15) is 9.59 Å². The van der Waals surface area contributed by atoms with Crippen LogP contribution in [0.5, 0.6) is 0 Å². The number of thioether (sulfide) groups is 1. The van der Waals surface area contributed by atoms with Gasteiger partial charge in [0.15, 0.2) is 0 Å². The molecule has 29 heavy (non-hydrogen) atoms. The highest BCUT2D eigenvalue weighted by Crippen LogP contribution is 2.18. The van der Waals surface area contributed by atoms with Crippen LogP contribution in [0, 0.1) is 0 Å². The summed E-state index contributed by atoms with van der Waals surface area (Å²) in [4.78, 5) is 24.0. The maximum absolute atomic E-state index is 12.1. The molecule has 1 heterocycles. The van der Waals surface area contributed by atoms with Crippen LogP contribution in [0.2, 0.25) is 0 Å². The zero-order valence-electron chi connectivity index (χ0n) is 16.1. The van der Waals surface area contributed by atoms with Gasteiger partial charge < -0.3 is 14.5 Å². The van der Waals surface area contributed by atoms with Crippen LogP contribution in [-0.4, -0.2) is 33.9 Å². The molecule has 0 spiro atoms. The summed E-state index contributed by atoms with van der Waals surface area (Å²) in [6.07, 6.45) is 0.364. The van der Waals surface area contributed by atoms with Crippen molar-refractivity contribution in [1.29, 1.82) is 0 Å². The molecule has 0 bridgehead atoms. The number of hydrogen-bond acceptors (Lipinski definition) is 7. The number of carbonyl (C=O) groups excluding carboxylic acids is 2. The molecule has 0 unspecified atom stereocenters. The Hall–Kier alpha value is -3.13. The van der Waals surface area contributed by atoms with Crippen LogP contribution in [0.3, 0.4) is 0 Å². The number of anilines is 1. The molecule has 0 fully saturated rings. The van der Waals surface area contributed by atoms with Gasteiger partial charge in [0.1, 0.15) is 0 Å². The number of nitrogens with zero attached hydrogens (tertiary/aromatic N) is 2. The van der Waals surface area contributed by atoms with E-state index in [4.69, 9.17) is 9.15 Å². The first-order valence-electron chi connectivity index (χ1n) is 9.09. The smallest absolute Gasteiger partial charge is 0.338 e. The minimum absolute atomic E-state index is 0.129. The van der Waals surface area contributed by atoms with Crippen LogP contribution in [0.4, 0.5) is 5.69 Å². The number of aromatic nitrogens is 2. The Kier molecular flexibility index (Phi) is 7.02. The minimum Gasteiger partial charge on any atom is -0.459 e. The van der Waals surface area contributed by atoms with Crippen molar-refractivity contribution in [3.63, 3.8) is 0 Å². The fourth-order valence-corrected chi connectivity index (χ4v) is 3.01. The molecule has 1 aromatic heterocycles. The van der Waals surface area contributed by atoms with Gasteiger partial charge in [-0.25, -0.2) is 4.79 Å². The first-order chi connectivity index (χ1) is 14.0. The molecule has 7 nitrogen and oxygen atoms in total. The fourth-order valence-electron chi connectivity index (χ4n) is 2.43. The Bertz CT molecular complexity index is 956. The van der Waals surface area contributed by atoms with Crippen LogP contribution in [0.15, 0.2) is 64.2 Å². The Morgan fingerprint density at radius 3 is 2.48 bits per heavy atom. The maximum Gasteiger partial charge on any atom is 0.338 e. The Morgan fingerprint density at radius 1 is 1.07 bits per heavy atom. The molecule has 0 aliphatic carbocycles. The molecule has 0 saturated heterocycles. The number of rotatable bonds is 8. The molecule has 0 atom stereocenters. The molecule has 0 radical (unpaired) electrons. The predicted molar refractivity (Wildman–Crippen MR) is 110 cm³/mol. The van der Waals surface area contributed by atoms with Gasteiger partial charge in [-0.2, -0.15) is 0 Å². The van der Waals surface area contributed by atoms with Crippen molar-refractivity contribution in [3.8, 4) is 0 Å². The minimum atomic E-state index is -0.392. The van der Waals surface area contributed by atoms with E-state index in [1.54, 1.807) is 38.1 Å². The molecule has 150 valence electrons. The molecular formula is C21H21N3O4S. The van der Waals surface area contributed by atoms with Gasteiger partial charge >= 0.3 is 5.97 Å². The van der Waals surface area contributed by atoms with Crippen LogP contribution in [0.25, 0.3) is 0 Å². The molecule has 1 N–H and O–H groups in total. The second kappa shape index (κ2) is 9.88. The number of ether oxygens (including phenoxy) is 1.